The molecule has 130 valence electrons. The fraction of sp³-hybridized carbons (Fsp3) is 0.389. The van der Waals surface area contributed by atoms with Crippen LogP contribution in [0.4, 0.5) is 0 Å². The van der Waals surface area contributed by atoms with Crippen LogP contribution < -0.4 is 10.9 Å². The summed E-state index contributed by atoms with van der Waals surface area (Å²) in [4.78, 5) is 29.1. The lowest BCUT2D eigenvalue weighted by atomic mass is 10.2. The normalized spacial score (nSPS) is 14.2. The molecule has 0 bridgehead atoms. The van der Waals surface area contributed by atoms with Gasteiger partial charge >= 0.3 is 0 Å². The van der Waals surface area contributed by atoms with E-state index in [1.54, 1.807) is 23.8 Å². The number of nitrogens with zero attached hydrogens (tertiary/aromatic N) is 3. The number of furan rings is 1. The van der Waals surface area contributed by atoms with Gasteiger partial charge in [0.25, 0.3) is 11.5 Å². The number of hydrogen-bond acceptors (Lipinski definition) is 4. The fourth-order valence-electron chi connectivity index (χ4n) is 3.02. The van der Waals surface area contributed by atoms with Crippen LogP contribution >= 0.6 is 0 Å². The Morgan fingerprint density at radius 1 is 1.36 bits per heavy atom. The minimum absolute atomic E-state index is 0.237. The summed E-state index contributed by atoms with van der Waals surface area (Å²) in [6.45, 7) is 4.40. The Hall–Kier alpha value is -2.83. The van der Waals surface area contributed by atoms with Crippen molar-refractivity contribution < 1.29 is 9.21 Å². The monoisotopic (exact) mass is 340 g/mol. The summed E-state index contributed by atoms with van der Waals surface area (Å²) in [5.41, 5.74) is 1.81. The highest BCUT2D eigenvalue weighted by Gasteiger charge is 2.23. The molecule has 1 N–H and O–H groups in total. The maximum atomic E-state index is 12.7. The van der Waals surface area contributed by atoms with E-state index in [0.29, 0.717) is 18.2 Å². The standard InChI is InChI=1S/C18H20N4O3/c1-10-6-13(11(2)25-10)15-9-22-8-14(17(23)19-7-12-4-5-12)20-16(22)18(24)21(15)3/h6,8-9,12H,4-5,7H2,1-3H3,(H,19,23). The number of carbonyl (C=O) groups excluding carboxylic acids is 1. The van der Waals surface area contributed by atoms with Crippen molar-refractivity contribution in [3.05, 3.63) is 46.0 Å². The van der Waals surface area contributed by atoms with Crippen molar-refractivity contribution in [3.8, 4) is 11.3 Å². The van der Waals surface area contributed by atoms with Crippen molar-refractivity contribution in [2.24, 2.45) is 13.0 Å². The summed E-state index contributed by atoms with van der Waals surface area (Å²) in [5, 5.41) is 2.88. The van der Waals surface area contributed by atoms with Crippen LogP contribution in [0.2, 0.25) is 0 Å². The Bertz CT molecular complexity index is 1040. The number of fused-ring (bicyclic) bond motifs is 1. The van der Waals surface area contributed by atoms with Gasteiger partial charge < -0.3 is 14.3 Å². The van der Waals surface area contributed by atoms with Crippen LogP contribution in [-0.2, 0) is 7.05 Å². The van der Waals surface area contributed by atoms with Gasteiger partial charge in [-0.25, -0.2) is 4.98 Å². The van der Waals surface area contributed by atoms with E-state index in [0.717, 1.165) is 17.1 Å². The van der Waals surface area contributed by atoms with Gasteiger partial charge in [-0.1, -0.05) is 0 Å². The van der Waals surface area contributed by atoms with Crippen LogP contribution in [0.5, 0.6) is 0 Å². The SMILES string of the molecule is Cc1cc(-c2cn3cc(C(=O)NCC4CC4)nc3c(=O)n2C)c(C)o1. The number of hydrogen-bond donors (Lipinski definition) is 1. The Labute approximate surface area is 144 Å². The average molecular weight is 340 g/mol. The third-order valence-corrected chi connectivity index (χ3v) is 4.65. The van der Waals surface area contributed by atoms with Crippen LogP contribution in [0.3, 0.4) is 0 Å². The Balaban J connectivity index is 1.77. The first kappa shape index (κ1) is 15.7. The van der Waals surface area contributed by atoms with Crippen molar-refractivity contribution in [1.29, 1.82) is 0 Å². The van der Waals surface area contributed by atoms with Gasteiger partial charge in [-0.3, -0.25) is 14.0 Å². The molecule has 7 nitrogen and oxygen atoms in total. The van der Waals surface area contributed by atoms with Gasteiger partial charge in [0.2, 0.25) is 5.65 Å². The predicted molar refractivity (Wildman–Crippen MR) is 92.7 cm³/mol. The average Bonchev–Trinajstić information content (AvgIpc) is 3.21. The first-order chi connectivity index (χ1) is 11.9. The van der Waals surface area contributed by atoms with Gasteiger partial charge in [0, 0.05) is 31.5 Å². The fourth-order valence-corrected chi connectivity index (χ4v) is 3.02. The quantitative estimate of drug-likeness (QED) is 0.788. The molecular formula is C18H20N4O3. The number of nitrogens with one attached hydrogen (secondary N) is 1. The van der Waals surface area contributed by atoms with Crippen LogP contribution in [0.25, 0.3) is 16.9 Å². The van der Waals surface area contributed by atoms with Gasteiger partial charge in [-0.05, 0) is 38.7 Å². The topological polar surface area (TPSA) is 81.5 Å². The maximum absolute atomic E-state index is 12.7. The number of carbonyl (C=O) groups is 1. The van der Waals surface area contributed by atoms with Crippen molar-refractivity contribution in [1.82, 2.24) is 19.3 Å². The molecular weight excluding hydrogens is 320 g/mol. The summed E-state index contributed by atoms with van der Waals surface area (Å²) in [7, 11) is 1.70. The minimum Gasteiger partial charge on any atom is -0.466 e. The van der Waals surface area contributed by atoms with Gasteiger partial charge in [-0.15, -0.1) is 0 Å². The minimum atomic E-state index is -0.253. The Morgan fingerprint density at radius 2 is 2.12 bits per heavy atom. The third kappa shape index (κ3) is 2.75. The van der Waals surface area contributed by atoms with Crippen molar-refractivity contribution in [2.75, 3.05) is 6.54 Å². The first-order valence-corrected chi connectivity index (χ1v) is 8.38. The molecule has 0 aromatic carbocycles. The highest BCUT2D eigenvalue weighted by molar-refractivity contribution is 5.92. The summed E-state index contributed by atoms with van der Waals surface area (Å²) >= 11 is 0. The van der Waals surface area contributed by atoms with Gasteiger partial charge in [0.15, 0.2) is 0 Å². The summed E-state index contributed by atoms with van der Waals surface area (Å²) in [6, 6.07) is 1.90. The van der Waals surface area contributed by atoms with E-state index in [2.05, 4.69) is 10.3 Å². The molecule has 1 saturated carbocycles. The second-order valence-electron chi connectivity index (χ2n) is 6.72. The molecule has 4 rings (SSSR count). The van der Waals surface area contributed by atoms with Gasteiger partial charge in [0.1, 0.15) is 17.2 Å². The van der Waals surface area contributed by atoms with Crippen LogP contribution in [0.15, 0.2) is 27.7 Å². The molecule has 0 aliphatic heterocycles. The Morgan fingerprint density at radius 3 is 2.76 bits per heavy atom. The summed E-state index contributed by atoms with van der Waals surface area (Å²) < 4.78 is 8.72. The van der Waals surface area contributed by atoms with E-state index >= 15 is 0 Å². The number of imidazole rings is 1. The van der Waals surface area contributed by atoms with E-state index in [1.165, 1.54) is 17.4 Å². The molecule has 7 heteroatoms. The molecule has 3 aromatic rings. The lowest BCUT2D eigenvalue weighted by molar-refractivity contribution is 0.0947. The summed E-state index contributed by atoms with van der Waals surface area (Å²) in [5.74, 6) is 1.88. The lowest BCUT2D eigenvalue weighted by Gasteiger charge is -2.07. The highest BCUT2D eigenvalue weighted by Crippen LogP contribution is 2.28. The zero-order valence-corrected chi connectivity index (χ0v) is 14.5. The number of aryl methyl sites for hydroxylation is 2. The second kappa shape index (κ2) is 5.61. The molecule has 1 aliphatic rings. The molecule has 0 atom stereocenters. The van der Waals surface area contributed by atoms with Crippen molar-refractivity contribution in [3.63, 3.8) is 0 Å². The van der Waals surface area contributed by atoms with Crippen LogP contribution in [0.1, 0.15) is 34.9 Å². The number of aromatic nitrogens is 3. The van der Waals surface area contributed by atoms with E-state index < -0.39 is 0 Å². The number of amides is 1. The van der Waals surface area contributed by atoms with E-state index in [1.807, 2.05) is 19.9 Å². The van der Waals surface area contributed by atoms with E-state index in [-0.39, 0.29) is 22.8 Å². The molecule has 1 aliphatic carbocycles. The molecule has 0 saturated heterocycles. The van der Waals surface area contributed by atoms with Crippen LogP contribution in [0, 0.1) is 19.8 Å². The van der Waals surface area contributed by atoms with E-state index in [9.17, 15) is 9.59 Å². The summed E-state index contributed by atoms with van der Waals surface area (Å²) in [6.07, 6.45) is 5.74. The maximum Gasteiger partial charge on any atom is 0.294 e. The van der Waals surface area contributed by atoms with Crippen molar-refractivity contribution in [2.45, 2.75) is 26.7 Å². The molecule has 0 unspecified atom stereocenters. The smallest absolute Gasteiger partial charge is 0.294 e. The third-order valence-electron chi connectivity index (χ3n) is 4.65. The number of rotatable bonds is 4. The molecule has 3 aromatic heterocycles. The van der Waals surface area contributed by atoms with Gasteiger partial charge in [-0.2, -0.15) is 0 Å². The molecule has 0 radical (unpaired) electrons. The van der Waals surface area contributed by atoms with Gasteiger partial charge in [0.05, 0.1) is 5.69 Å². The highest BCUT2D eigenvalue weighted by atomic mass is 16.3. The molecule has 1 fully saturated rings. The lowest BCUT2D eigenvalue weighted by Crippen LogP contribution is -2.26. The van der Waals surface area contributed by atoms with Crippen LogP contribution in [-0.4, -0.2) is 26.4 Å². The largest absolute Gasteiger partial charge is 0.466 e. The molecule has 25 heavy (non-hydrogen) atoms. The predicted octanol–water partition coefficient (Wildman–Crippen LogP) is 2.05. The first-order valence-electron chi connectivity index (χ1n) is 8.38. The molecule has 3 heterocycles. The second-order valence-corrected chi connectivity index (χ2v) is 6.72. The van der Waals surface area contributed by atoms with E-state index in [4.69, 9.17) is 4.42 Å². The van der Waals surface area contributed by atoms with Crippen molar-refractivity contribution >= 4 is 11.6 Å². The molecule has 1 amide bonds. The molecule has 0 spiro atoms. The zero-order chi connectivity index (χ0) is 17.7. The Kier molecular flexibility index (Phi) is 3.52. The zero-order valence-electron chi connectivity index (χ0n) is 14.5.